The molecule has 0 saturated heterocycles. The summed E-state index contributed by atoms with van der Waals surface area (Å²) in [6.07, 6.45) is 7.92. The number of hydrogen-bond donors (Lipinski definition) is 0. The van der Waals surface area contributed by atoms with Gasteiger partial charge in [-0.2, -0.15) is 0 Å². The fraction of sp³-hybridized carbons (Fsp3) is 0.333. The Morgan fingerprint density at radius 2 is 1.61 bits per heavy atom. The molecule has 0 unspecified atom stereocenters. The van der Waals surface area contributed by atoms with E-state index >= 15 is 0 Å². The third kappa shape index (κ3) is 4.75. The van der Waals surface area contributed by atoms with Crippen LogP contribution >= 0.6 is 0 Å². The smallest absolute Gasteiger partial charge is 0.0105 e. The molecule has 1 rings (SSSR count). The molecule has 0 amide bonds. The Balaban J connectivity index is 0.00000137. The predicted molar refractivity (Wildman–Crippen MR) is 83.9 cm³/mol. The number of rotatable bonds is 4. The van der Waals surface area contributed by atoms with E-state index in [4.69, 9.17) is 0 Å². The van der Waals surface area contributed by atoms with Gasteiger partial charge in [0.15, 0.2) is 0 Å². The molecular formula is C18H26. The largest absolute Gasteiger partial charge is 0.0991 e. The first kappa shape index (κ1) is 16.4. The average Bonchev–Trinajstić information content (AvgIpc) is 2.42. The van der Waals surface area contributed by atoms with Crippen molar-refractivity contribution in [1.29, 1.82) is 0 Å². The first-order chi connectivity index (χ1) is 8.59. The van der Waals surface area contributed by atoms with Gasteiger partial charge in [-0.15, -0.1) is 0 Å². The molecule has 1 aromatic carbocycles. The lowest BCUT2D eigenvalue weighted by Gasteiger charge is -2.26. The Hall–Kier alpha value is -1.56. The number of benzene rings is 1. The van der Waals surface area contributed by atoms with Gasteiger partial charge < -0.3 is 0 Å². The van der Waals surface area contributed by atoms with Crippen LogP contribution in [0.4, 0.5) is 0 Å². The third-order valence-electron chi connectivity index (χ3n) is 3.07. The molecule has 0 aliphatic rings. The predicted octanol–water partition coefficient (Wildman–Crippen LogP) is 5.68. The van der Waals surface area contributed by atoms with E-state index in [-0.39, 0.29) is 5.41 Å². The highest BCUT2D eigenvalue weighted by atomic mass is 14.2. The van der Waals surface area contributed by atoms with Crippen molar-refractivity contribution in [2.45, 2.75) is 40.0 Å². The van der Waals surface area contributed by atoms with Crippen molar-refractivity contribution < 1.29 is 0 Å². The van der Waals surface area contributed by atoms with Crippen molar-refractivity contribution in [3.05, 3.63) is 72.4 Å². The van der Waals surface area contributed by atoms with E-state index in [1.54, 1.807) is 6.08 Å². The van der Waals surface area contributed by atoms with E-state index in [1.165, 1.54) is 11.1 Å². The Labute approximate surface area is 113 Å². The van der Waals surface area contributed by atoms with Crippen LogP contribution < -0.4 is 0 Å². The van der Waals surface area contributed by atoms with Crippen molar-refractivity contribution in [3.8, 4) is 0 Å². The Morgan fingerprint density at radius 3 is 2.11 bits per heavy atom. The zero-order valence-electron chi connectivity index (χ0n) is 12.4. The SMILES string of the molecule is C=C/C=C\C=C(/C)C(C)(C)c1ccccc1.CC. The highest BCUT2D eigenvalue weighted by Crippen LogP contribution is 2.30. The van der Waals surface area contributed by atoms with Crippen LogP contribution in [0.15, 0.2) is 66.8 Å². The lowest BCUT2D eigenvalue weighted by molar-refractivity contribution is 0.623. The molecule has 0 heteroatoms. The Morgan fingerprint density at radius 1 is 1.06 bits per heavy atom. The van der Waals surface area contributed by atoms with Gasteiger partial charge in [0.2, 0.25) is 0 Å². The van der Waals surface area contributed by atoms with E-state index < -0.39 is 0 Å². The fourth-order valence-electron chi connectivity index (χ4n) is 1.57. The maximum atomic E-state index is 3.66. The molecule has 0 radical (unpaired) electrons. The lowest BCUT2D eigenvalue weighted by atomic mass is 9.78. The molecule has 0 aliphatic carbocycles. The average molecular weight is 242 g/mol. The molecule has 0 aromatic heterocycles. The van der Waals surface area contributed by atoms with Crippen LogP contribution in [0.5, 0.6) is 0 Å². The molecule has 0 aliphatic heterocycles. The summed E-state index contributed by atoms with van der Waals surface area (Å²) < 4.78 is 0. The topological polar surface area (TPSA) is 0 Å². The second-order valence-corrected chi connectivity index (χ2v) is 4.46. The molecule has 1 aromatic rings. The lowest BCUT2D eigenvalue weighted by Crippen LogP contribution is -2.18. The second-order valence-electron chi connectivity index (χ2n) is 4.46. The van der Waals surface area contributed by atoms with Crippen LogP contribution in [0, 0.1) is 0 Å². The Bertz CT molecular complexity index is 391. The molecule has 0 nitrogen and oxygen atoms in total. The van der Waals surface area contributed by atoms with E-state index in [9.17, 15) is 0 Å². The first-order valence-electron chi connectivity index (χ1n) is 6.61. The number of hydrogen-bond acceptors (Lipinski definition) is 0. The molecule has 0 atom stereocenters. The fourth-order valence-corrected chi connectivity index (χ4v) is 1.57. The van der Waals surface area contributed by atoms with Crippen LogP contribution in [0.3, 0.4) is 0 Å². The van der Waals surface area contributed by atoms with Crippen LogP contribution in [-0.4, -0.2) is 0 Å². The quantitative estimate of drug-likeness (QED) is 0.596. The molecular weight excluding hydrogens is 216 g/mol. The van der Waals surface area contributed by atoms with E-state index in [0.29, 0.717) is 0 Å². The van der Waals surface area contributed by atoms with Gasteiger partial charge in [-0.25, -0.2) is 0 Å². The molecule has 0 heterocycles. The van der Waals surface area contributed by atoms with E-state index in [2.05, 4.69) is 63.8 Å². The molecule has 18 heavy (non-hydrogen) atoms. The minimum atomic E-state index is 0.0762. The maximum absolute atomic E-state index is 3.66. The van der Waals surface area contributed by atoms with Crippen LogP contribution in [0.2, 0.25) is 0 Å². The molecule has 0 saturated carbocycles. The monoisotopic (exact) mass is 242 g/mol. The van der Waals surface area contributed by atoms with E-state index in [1.807, 2.05) is 26.0 Å². The second kappa shape index (κ2) is 8.52. The zero-order chi connectivity index (χ0) is 14.0. The summed E-state index contributed by atoms with van der Waals surface area (Å²) in [4.78, 5) is 0. The minimum absolute atomic E-state index is 0.0762. The van der Waals surface area contributed by atoms with Gasteiger partial charge in [0.25, 0.3) is 0 Å². The van der Waals surface area contributed by atoms with Crippen LogP contribution in [0.25, 0.3) is 0 Å². The summed E-state index contributed by atoms with van der Waals surface area (Å²) in [7, 11) is 0. The summed E-state index contributed by atoms with van der Waals surface area (Å²) in [6.45, 7) is 14.3. The Kier molecular flexibility index (Phi) is 7.78. The summed E-state index contributed by atoms with van der Waals surface area (Å²) >= 11 is 0. The van der Waals surface area contributed by atoms with Crippen LogP contribution in [-0.2, 0) is 5.41 Å². The third-order valence-corrected chi connectivity index (χ3v) is 3.07. The van der Waals surface area contributed by atoms with E-state index in [0.717, 1.165) is 0 Å². The normalized spacial score (nSPS) is 11.9. The summed E-state index contributed by atoms with van der Waals surface area (Å²) in [5, 5.41) is 0. The minimum Gasteiger partial charge on any atom is -0.0991 e. The van der Waals surface area contributed by atoms with Crippen molar-refractivity contribution in [1.82, 2.24) is 0 Å². The van der Waals surface area contributed by atoms with Gasteiger partial charge in [0.1, 0.15) is 0 Å². The zero-order valence-corrected chi connectivity index (χ0v) is 12.4. The summed E-state index contributed by atoms with van der Waals surface area (Å²) in [5.74, 6) is 0. The highest BCUT2D eigenvalue weighted by molar-refractivity contribution is 5.35. The molecule has 0 N–H and O–H groups in total. The maximum Gasteiger partial charge on any atom is 0.0105 e. The van der Waals surface area contributed by atoms with Gasteiger partial charge in [-0.05, 0) is 12.5 Å². The molecule has 98 valence electrons. The summed E-state index contributed by atoms with van der Waals surface area (Å²) in [5.41, 5.74) is 2.76. The molecule has 0 bridgehead atoms. The van der Waals surface area contributed by atoms with Gasteiger partial charge in [0, 0.05) is 5.41 Å². The number of allylic oxidation sites excluding steroid dienone is 5. The highest BCUT2D eigenvalue weighted by Gasteiger charge is 2.21. The van der Waals surface area contributed by atoms with Gasteiger partial charge in [-0.3, -0.25) is 0 Å². The molecule has 0 spiro atoms. The van der Waals surface area contributed by atoms with Crippen molar-refractivity contribution in [2.24, 2.45) is 0 Å². The van der Waals surface area contributed by atoms with Crippen molar-refractivity contribution >= 4 is 0 Å². The van der Waals surface area contributed by atoms with Gasteiger partial charge >= 0.3 is 0 Å². The molecule has 0 fully saturated rings. The standard InChI is InChI=1S/C16H20.C2H6/c1-5-6-8-11-14(2)16(3,4)15-12-9-7-10-13-15;1-2/h5-13H,1H2,2-4H3;1-2H3/b8-6-,14-11+;. The van der Waals surface area contributed by atoms with Crippen molar-refractivity contribution in [2.75, 3.05) is 0 Å². The van der Waals surface area contributed by atoms with Crippen LogP contribution in [0.1, 0.15) is 40.2 Å². The van der Waals surface area contributed by atoms with Gasteiger partial charge in [-0.1, -0.05) is 94.5 Å². The van der Waals surface area contributed by atoms with Gasteiger partial charge in [0.05, 0.1) is 0 Å². The summed E-state index contributed by atoms with van der Waals surface area (Å²) in [6, 6.07) is 10.6. The van der Waals surface area contributed by atoms with Crippen molar-refractivity contribution in [3.63, 3.8) is 0 Å². The first-order valence-corrected chi connectivity index (χ1v) is 6.61.